The van der Waals surface area contributed by atoms with Crippen molar-refractivity contribution < 1.29 is 0 Å². The van der Waals surface area contributed by atoms with Crippen LogP contribution in [0.4, 0.5) is 0 Å². The number of aryl methyl sites for hydroxylation is 2. The van der Waals surface area contributed by atoms with Gasteiger partial charge in [-0.3, -0.25) is 4.79 Å². The molecule has 1 heterocycles. The Bertz CT molecular complexity index is 263. The van der Waals surface area contributed by atoms with Gasteiger partial charge in [-0.15, -0.1) is 0 Å². The minimum atomic E-state index is 0.103. The summed E-state index contributed by atoms with van der Waals surface area (Å²) in [5.41, 5.74) is 1.78. The molecule has 0 spiro atoms. The van der Waals surface area contributed by atoms with E-state index in [0.717, 1.165) is 11.3 Å². The van der Waals surface area contributed by atoms with Crippen LogP contribution in [-0.2, 0) is 0 Å². The maximum Gasteiger partial charge on any atom is 0.184 e. The summed E-state index contributed by atoms with van der Waals surface area (Å²) in [6, 6.07) is 1.59. The molecule has 1 aromatic rings. The monoisotopic (exact) mass is 153 g/mol. The molecule has 0 aliphatic carbocycles. The molecule has 0 fully saturated rings. The maximum atomic E-state index is 10.8. The van der Waals surface area contributed by atoms with Crippen LogP contribution in [0.15, 0.2) is 17.1 Å². The van der Waals surface area contributed by atoms with E-state index in [4.69, 9.17) is 0 Å². The third-order valence-corrected chi connectivity index (χ3v) is 1.25. The van der Waals surface area contributed by atoms with Crippen LogP contribution in [0.5, 0.6) is 0 Å². The van der Waals surface area contributed by atoms with E-state index in [2.05, 4.69) is 4.98 Å². The molecular weight excluding hydrogens is 138 g/mol. The third-order valence-electron chi connectivity index (χ3n) is 1.25. The van der Waals surface area contributed by atoms with Crippen LogP contribution in [0.2, 0.25) is 0 Å². The van der Waals surface area contributed by atoms with Gasteiger partial charge in [-0.2, -0.15) is 0 Å². The normalized spacial score (nSPS) is 8.36. The van der Waals surface area contributed by atoms with Gasteiger partial charge in [0.1, 0.15) is 0 Å². The molecule has 0 bridgehead atoms. The first-order valence-electron chi connectivity index (χ1n) is 3.86. The number of pyridine rings is 1. The second-order valence-electron chi connectivity index (χ2n) is 2.16. The van der Waals surface area contributed by atoms with Crippen molar-refractivity contribution in [2.45, 2.75) is 27.7 Å². The van der Waals surface area contributed by atoms with Crippen LogP contribution in [0.25, 0.3) is 0 Å². The van der Waals surface area contributed by atoms with Crippen molar-refractivity contribution in [2.75, 3.05) is 0 Å². The molecule has 2 nitrogen and oxygen atoms in total. The quantitative estimate of drug-likeness (QED) is 0.607. The summed E-state index contributed by atoms with van der Waals surface area (Å²) in [6.45, 7) is 7.65. The molecule has 2 heteroatoms. The number of hydrogen-bond donors (Lipinski definition) is 1. The number of aromatic nitrogens is 1. The minimum absolute atomic E-state index is 0.103. The molecule has 11 heavy (non-hydrogen) atoms. The molecule has 0 unspecified atom stereocenters. The van der Waals surface area contributed by atoms with E-state index in [0.29, 0.717) is 0 Å². The second-order valence-corrected chi connectivity index (χ2v) is 2.16. The molecule has 0 saturated heterocycles. The fraction of sp³-hybridized carbons (Fsp3) is 0.444. The summed E-state index contributed by atoms with van der Waals surface area (Å²) in [6.07, 6.45) is 1.72. The number of nitrogens with one attached hydrogen (secondary N) is 1. The van der Waals surface area contributed by atoms with Gasteiger partial charge < -0.3 is 4.98 Å². The first-order valence-corrected chi connectivity index (χ1v) is 3.86. The molecule has 0 aliphatic rings. The highest BCUT2D eigenvalue weighted by Gasteiger charge is 1.89. The Balaban J connectivity index is 0.000000461. The smallest absolute Gasteiger partial charge is 0.184 e. The van der Waals surface area contributed by atoms with E-state index in [9.17, 15) is 4.79 Å². The SMILES string of the molecule is CC.Cc1cc(=O)c(C)c[nH]1. The Morgan fingerprint density at radius 3 is 2.18 bits per heavy atom. The molecule has 0 amide bonds. The van der Waals surface area contributed by atoms with E-state index >= 15 is 0 Å². The zero-order chi connectivity index (χ0) is 8.85. The van der Waals surface area contributed by atoms with Gasteiger partial charge in [0.2, 0.25) is 0 Å². The van der Waals surface area contributed by atoms with Crippen molar-refractivity contribution in [1.29, 1.82) is 0 Å². The number of rotatable bonds is 0. The molecule has 0 saturated carbocycles. The highest BCUT2D eigenvalue weighted by Crippen LogP contribution is 1.87. The standard InChI is InChI=1S/C7H9NO.C2H6/c1-5-4-8-6(2)3-7(5)9;1-2/h3-4H,1-2H3,(H,8,9);1-2H3. The molecule has 1 aromatic heterocycles. The van der Waals surface area contributed by atoms with E-state index in [1.165, 1.54) is 0 Å². The Morgan fingerprint density at radius 2 is 1.82 bits per heavy atom. The molecular formula is C9H15NO. The lowest BCUT2D eigenvalue weighted by Crippen LogP contribution is -2.04. The van der Waals surface area contributed by atoms with Crippen LogP contribution >= 0.6 is 0 Å². The highest BCUT2D eigenvalue weighted by molar-refractivity contribution is 5.11. The van der Waals surface area contributed by atoms with Crippen molar-refractivity contribution in [3.8, 4) is 0 Å². The predicted octanol–water partition coefficient (Wildman–Crippen LogP) is 2.02. The lowest BCUT2D eigenvalue weighted by atomic mass is 10.3. The zero-order valence-electron chi connectivity index (χ0n) is 7.56. The third kappa shape index (κ3) is 3.03. The van der Waals surface area contributed by atoms with Crippen LogP contribution < -0.4 is 5.43 Å². The summed E-state index contributed by atoms with van der Waals surface area (Å²) in [5, 5.41) is 0. The van der Waals surface area contributed by atoms with Gasteiger partial charge in [-0.1, -0.05) is 13.8 Å². The second kappa shape index (κ2) is 4.72. The minimum Gasteiger partial charge on any atom is -0.365 e. The summed E-state index contributed by atoms with van der Waals surface area (Å²) in [7, 11) is 0. The van der Waals surface area contributed by atoms with E-state index in [1.54, 1.807) is 19.2 Å². The van der Waals surface area contributed by atoms with Gasteiger partial charge in [-0.05, 0) is 13.8 Å². The van der Waals surface area contributed by atoms with Gasteiger partial charge in [0.15, 0.2) is 5.43 Å². The Morgan fingerprint density at radius 1 is 1.27 bits per heavy atom. The first kappa shape index (κ1) is 9.95. The van der Waals surface area contributed by atoms with Gasteiger partial charge in [-0.25, -0.2) is 0 Å². The van der Waals surface area contributed by atoms with Gasteiger partial charge in [0.05, 0.1) is 0 Å². The van der Waals surface area contributed by atoms with Crippen molar-refractivity contribution >= 4 is 0 Å². The fourth-order valence-corrected chi connectivity index (χ4v) is 0.645. The Labute approximate surface area is 67.3 Å². The molecule has 0 aromatic carbocycles. The molecule has 1 N–H and O–H groups in total. The zero-order valence-corrected chi connectivity index (χ0v) is 7.56. The Kier molecular flexibility index (Phi) is 4.27. The topological polar surface area (TPSA) is 32.9 Å². The average Bonchev–Trinajstić information content (AvgIpc) is 2.02. The van der Waals surface area contributed by atoms with Crippen molar-refractivity contribution in [3.05, 3.63) is 33.7 Å². The summed E-state index contributed by atoms with van der Waals surface area (Å²) < 4.78 is 0. The number of H-pyrrole nitrogens is 1. The fourth-order valence-electron chi connectivity index (χ4n) is 0.645. The number of aromatic amines is 1. The number of hydrogen-bond acceptors (Lipinski definition) is 1. The first-order chi connectivity index (χ1) is 5.20. The van der Waals surface area contributed by atoms with Gasteiger partial charge in [0, 0.05) is 23.5 Å². The maximum absolute atomic E-state index is 10.8. The molecule has 1 rings (SSSR count). The van der Waals surface area contributed by atoms with E-state index in [-0.39, 0.29) is 5.43 Å². The highest BCUT2D eigenvalue weighted by atomic mass is 16.1. The largest absolute Gasteiger partial charge is 0.365 e. The van der Waals surface area contributed by atoms with Gasteiger partial charge in [0.25, 0.3) is 0 Å². The molecule has 0 radical (unpaired) electrons. The van der Waals surface area contributed by atoms with Crippen LogP contribution in [0.3, 0.4) is 0 Å². The van der Waals surface area contributed by atoms with Crippen LogP contribution in [-0.4, -0.2) is 4.98 Å². The van der Waals surface area contributed by atoms with Crippen LogP contribution in [0.1, 0.15) is 25.1 Å². The molecule has 0 aliphatic heterocycles. The summed E-state index contributed by atoms with van der Waals surface area (Å²) >= 11 is 0. The lowest BCUT2D eigenvalue weighted by Gasteiger charge is -1.91. The summed E-state index contributed by atoms with van der Waals surface area (Å²) in [5.74, 6) is 0. The lowest BCUT2D eigenvalue weighted by molar-refractivity contribution is 1.15. The molecule has 0 atom stereocenters. The van der Waals surface area contributed by atoms with Crippen LogP contribution in [0, 0.1) is 13.8 Å². The predicted molar refractivity (Wildman–Crippen MR) is 47.9 cm³/mol. The average molecular weight is 153 g/mol. The van der Waals surface area contributed by atoms with Crippen molar-refractivity contribution in [3.63, 3.8) is 0 Å². The molecule has 62 valence electrons. The van der Waals surface area contributed by atoms with E-state index in [1.807, 2.05) is 20.8 Å². The Hall–Kier alpha value is -1.05. The van der Waals surface area contributed by atoms with E-state index < -0.39 is 0 Å². The van der Waals surface area contributed by atoms with Crippen molar-refractivity contribution in [2.24, 2.45) is 0 Å². The van der Waals surface area contributed by atoms with Crippen molar-refractivity contribution in [1.82, 2.24) is 4.98 Å². The van der Waals surface area contributed by atoms with Gasteiger partial charge >= 0.3 is 0 Å². The summed E-state index contributed by atoms with van der Waals surface area (Å²) in [4.78, 5) is 13.8.